The second-order valence-corrected chi connectivity index (χ2v) is 5.15. The van der Waals surface area contributed by atoms with Gasteiger partial charge in [-0.15, -0.1) is 0 Å². The van der Waals surface area contributed by atoms with Gasteiger partial charge in [0.1, 0.15) is 5.75 Å². The number of aliphatic hydroxyl groups excluding tert-OH is 1. The Morgan fingerprint density at radius 3 is 2.89 bits per heavy atom. The summed E-state index contributed by atoms with van der Waals surface area (Å²) >= 11 is 5.98. The van der Waals surface area contributed by atoms with Gasteiger partial charge in [-0.05, 0) is 50.3 Å². The van der Waals surface area contributed by atoms with Crippen LogP contribution in [0.2, 0.25) is 5.02 Å². The Labute approximate surface area is 113 Å². The zero-order chi connectivity index (χ0) is 13.0. The second kappa shape index (κ2) is 6.26. The Morgan fingerprint density at radius 1 is 1.39 bits per heavy atom. The van der Waals surface area contributed by atoms with Crippen LogP contribution in [0.1, 0.15) is 43.8 Å². The molecule has 1 aromatic carbocycles. The molecule has 0 aromatic heterocycles. The van der Waals surface area contributed by atoms with Crippen LogP contribution < -0.4 is 4.74 Å². The van der Waals surface area contributed by atoms with Crippen molar-refractivity contribution < 1.29 is 9.84 Å². The standard InChI is InChI=1S/C15H19ClO2/c1-18-15-8-7-12(16)10-13(15)14(17)9-11-5-3-2-4-6-11/h5,7-8,10,14,17H,2-4,6,9H2,1H3. The van der Waals surface area contributed by atoms with Crippen molar-refractivity contribution in [1.29, 1.82) is 0 Å². The molecule has 0 aliphatic heterocycles. The Morgan fingerprint density at radius 2 is 2.22 bits per heavy atom. The number of rotatable bonds is 4. The molecule has 3 heteroatoms. The summed E-state index contributed by atoms with van der Waals surface area (Å²) in [6, 6.07) is 5.36. The summed E-state index contributed by atoms with van der Waals surface area (Å²) in [6.45, 7) is 0. The van der Waals surface area contributed by atoms with E-state index >= 15 is 0 Å². The lowest BCUT2D eigenvalue weighted by atomic mass is 9.92. The summed E-state index contributed by atoms with van der Waals surface area (Å²) in [7, 11) is 1.61. The molecule has 1 N–H and O–H groups in total. The van der Waals surface area contributed by atoms with Gasteiger partial charge in [-0.3, -0.25) is 0 Å². The summed E-state index contributed by atoms with van der Waals surface area (Å²) in [5, 5.41) is 11.0. The highest BCUT2D eigenvalue weighted by Crippen LogP contribution is 2.33. The van der Waals surface area contributed by atoms with Crippen LogP contribution in [-0.4, -0.2) is 12.2 Å². The quantitative estimate of drug-likeness (QED) is 0.825. The highest BCUT2D eigenvalue weighted by Gasteiger charge is 2.16. The van der Waals surface area contributed by atoms with Gasteiger partial charge in [-0.25, -0.2) is 0 Å². The monoisotopic (exact) mass is 266 g/mol. The maximum Gasteiger partial charge on any atom is 0.124 e. The molecule has 18 heavy (non-hydrogen) atoms. The van der Waals surface area contributed by atoms with Crippen molar-refractivity contribution in [2.75, 3.05) is 7.11 Å². The van der Waals surface area contributed by atoms with Crippen molar-refractivity contribution in [3.8, 4) is 5.75 Å². The number of ether oxygens (including phenoxy) is 1. The lowest BCUT2D eigenvalue weighted by molar-refractivity contribution is 0.172. The van der Waals surface area contributed by atoms with Crippen LogP contribution in [0.25, 0.3) is 0 Å². The largest absolute Gasteiger partial charge is 0.496 e. The summed E-state index contributed by atoms with van der Waals surface area (Å²) in [6.07, 6.45) is 7.11. The molecule has 1 atom stereocenters. The maximum absolute atomic E-state index is 10.3. The zero-order valence-electron chi connectivity index (χ0n) is 10.7. The molecule has 0 heterocycles. The van der Waals surface area contributed by atoms with E-state index in [1.165, 1.54) is 18.4 Å². The van der Waals surface area contributed by atoms with Crippen molar-refractivity contribution in [1.82, 2.24) is 0 Å². The van der Waals surface area contributed by atoms with Crippen LogP contribution in [0, 0.1) is 0 Å². The molecule has 1 aliphatic carbocycles. The van der Waals surface area contributed by atoms with Gasteiger partial charge in [0, 0.05) is 10.6 Å². The minimum absolute atomic E-state index is 0.539. The summed E-state index contributed by atoms with van der Waals surface area (Å²) in [5.41, 5.74) is 2.12. The topological polar surface area (TPSA) is 29.5 Å². The lowest BCUT2D eigenvalue weighted by Crippen LogP contribution is -2.04. The number of methoxy groups -OCH3 is 1. The average Bonchev–Trinajstić information content (AvgIpc) is 2.40. The fraction of sp³-hybridized carbons (Fsp3) is 0.467. The zero-order valence-corrected chi connectivity index (χ0v) is 11.4. The van der Waals surface area contributed by atoms with Crippen molar-refractivity contribution in [3.63, 3.8) is 0 Å². The average molecular weight is 267 g/mol. The van der Waals surface area contributed by atoms with Gasteiger partial charge in [-0.1, -0.05) is 23.3 Å². The molecule has 1 aromatic rings. The number of allylic oxidation sites excluding steroid dienone is 1. The first-order chi connectivity index (χ1) is 8.70. The van der Waals surface area contributed by atoms with E-state index in [1.54, 1.807) is 25.3 Å². The van der Waals surface area contributed by atoms with E-state index in [1.807, 2.05) is 0 Å². The first kappa shape index (κ1) is 13.4. The molecular formula is C15H19ClO2. The molecule has 0 saturated carbocycles. The summed E-state index contributed by atoms with van der Waals surface area (Å²) in [4.78, 5) is 0. The van der Waals surface area contributed by atoms with E-state index in [9.17, 15) is 5.11 Å². The highest BCUT2D eigenvalue weighted by molar-refractivity contribution is 6.30. The summed E-state index contributed by atoms with van der Waals surface area (Å²) in [5.74, 6) is 0.698. The van der Waals surface area contributed by atoms with Gasteiger partial charge in [0.25, 0.3) is 0 Å². The van der Waals surface area contributed by atoms with Gasteiger partial charge in [0.2, 0.25) is 0 Å². The van der Waals surface area contributed by atoms with Crippen molar-refractivity contribution in [3.05, 3.63) is 40.4 Å². The van der Waals surface area contributed by atoms with E-state index < -0.39 is 6.10 Å². The number of benzene rings is 1. The molecule has 0 spiro atoms. The van der Waals surface area contributed by atoms with Crippen LogP contribution >= 0.6 is 11.6 Å². The Balaban J connectivity index is 2.14. The molecule has 98 valence electrons. The summed E-state index contributed by atoms with van der Waals surface area (Å²) < 4.78 is 5.27. The normalized spacial score (nSPS) is 17.2. The van der Waals surface area contributed by atoms with E-state index in [4.69, 9.17) is 16.3 Å². The lowest BCUT2D eigenvalue weighted by Gasteiger charge is -2.19. The first-order valence-electron chi connectivity index (χ1n) is 6.40. The minimum Gasteiger partial charge on any atom is -0.496 e. The first-order valence-corrected chi connectivity index (χ1v) is 6.78. The number of aliphatic hydroxyl groups is 1. The van der Waals surface area contributed by atoms with Crippen LogP contribution in [0.15, 0.2) is 29.8 Å². The third kappa shape index (κ3) is 3.27. The van der Waals surface area contributed by atoms with Gasteiger partial charge in [0.05, 0.1) is 13.2 Å². The Bertz CT molecular complexity index is 440. The third-order valence-corrected chi connectivity index (χ3v) is 3.63. The molecule has 1 unspecified atom stereocenters. The molecule has 0 bridgehead atoms. The fourth-order valence-corrected chi connectivity index (χ4v) is 2.59. The van der Waals surface area contributed by atoms with Crippen LogP contribution in [0.4, 0.5) is 0 Å². The van der Waals surface area contributed by atoms with Crippen LogP contribution in [0.5, 0.6) is 5.75 Å². The van der Waals surface area contributed by atoms with Crippen molar-refractivity contribution in [2.45, 2.75) is 38.2 Å². The molecular weight excluding hydrogens is 248 g/mol. The predicted octanol–water partition coefficient (Wildman–Crippen LogP) is 4.27. The smallest absolute Gasteiger partial charge is 0.124 e. The number of hydrogen-bond donors (Lipinski definition) is 1. The van der Waals surface area contributed by atoms with Gasteiger partial charge in [0.15, 0.2) is 0 Å². The van der Waals surface area contributed by atoms with Gasteiger partial charge >= 0.3 is 0 Å². The molecule has 0 fully saturated rings. The maximum atomic E-state index is 10.3. The Kier molecular flexibility index (Phi) is 4.67. The van der Waals surface area contributed by atoms with Gasteiger partial charge in [-0.2, -0.15) is 0 Å². The van der Waals surface area contributed by atoms with Crippen LogP contribution in [0.3, 0.4) is 0 Å². The van der Waals surface area contributed by atoms with E-state index in [0.29, 0.717) is 17.2 Å². The highest BCUT2D eigenvalue weighted by atomic mass is 35.5. The molecule has 0 radical (unpaired) electrons. The number of halogens is 1. The fourth-order valence-electron chi connectivity index (χ4n) is 2.41. The SMILES string of the molecule is COc1ccc(Cl)cc1C(O)CC1=CCCCC1. The molecule has 2 rings (SSSR count). The molecule has 0 saturated heterocycles. The number of hydrogen-bond acceptors (Lipinski definition) is 2. The second-order valence-electron chi connectivity index (χ2n) is 4.71. The van der Waals surface area contributed by atoms with E-state index in [0.717, 1.165) is 18.4 Å². The molecule has 1 aliphatic rings. The van der Waals surface area contributed by atoms with Gasteiger partial charge < -0.3 is 9.84 Å². The van der Waals surface area contributed by atoms with Crippen molar-refractivity contribution in [2.24, 2.45) is 0 Å². The van der Waals surface area contributed by atoms with Crippen molar-refractivity contribution >= 4 is 11.6 Å². The molecule has 0 amide bonds. The van der Waals surface area contributed by atoms with E-state index in [2.05, 4.69) is 6.08 Å². The van der Waals surface area contributed by atoms with Crippen LogP contribution in [-0.2, 0) is 0 Å². The minimum atomic E-state index is -0.539. The Hall–Kier alpha value is -0.990. The van der Waals surface area contributed by atoms with E-state index in [-0.39, 0.29) is 0 Å². The third-order valence-electron chi connectivity index (χ3n) is 3.39. The molecule has 2 nitrogen and oxygen atoms in total. The predicted molar refractivity (Wildman–Crippen MR) is 74.1 cm³/mol.